The summed E-state index contributed by atoms with van der Waals surface area (Å²) in [5.74, 6) is -0.0250. The van der Waals surface area contributed by atoms with Gasteiger partial charge in [0.05, 0.1) is 19.0 Å². The number of benzene rings is 2. The Morgan fingerprint density at radius 2 is 2.06 bits per heavy atom. The third-order valence-corrected chi connectivity index (χ3v) is 4.42. The average molecular weight is 464 g/mol. The number of aromatic nitrogens is 5. The normalized spacial score (nSPS) is 10.9. The Labute approximate surface area is 191 Å². The number of hydrazone groups is 1. The van der Waals surface area contributed by atoms with E-state index in [-0.39, 0.29) is 22.9 Å². The van der Waals surface area contributed by atoms with Gasteiger partial charge >= 0.3 is 6.03 Å². The Hall–Kier alpha value is -5.07. The summed E-state index contributed by atoms with van der Waals surface area (Å²) in [4.78, 5) is 16.0. The Bertz CT molecular complexity index is 1350. The van der Waals surface area contributed by atoms with Crippen LogP contribution in [0.2, 0.25) is 0 Å². The molecule has 2 heterocycles. The predicted octanol–water partition coefficient (Wildman–Crippen LogP) is 2.62. The molecule has 0 aliphatic rings. The van der Waals surface area contributed by atoms with Gasteiger partial charge in [-0.05, 0) is 52.4 Å². The molecule has 0 spiro atoms. The topological polar surface area (TPSA) is 154 Å². The lowest BCUT2D eigenvalue weighted by molar-refractivity contribution is 0.254. The molecule has 0 unspecified atom stereocenters. The predicted molar refractivity (Wildman–Crippen MR) is 118 cm³/mol. The molecular weight excluding hydrogens is 447 g/mol. The van der Waals surface area contributed by atoms with E-state index in [4.69, 9.17) is 15.2 Å². The van der Waals surface area contributed by atoms with E-state index in [1.54, 1.807) is 6.07 Å². The molecule has 172 valence electrons. The Balaban J connectivity index is 1.55. The quantitative estimate of drug-likeness (QED) is 0.312. The summed E-state index contributed by atoms with van der Waals surface area (Å²) in [7, 11) is 1.40. The number of aromatic hydroxyl groups is 1. The van der Waals surface area contributed by atoms with Crippen LogP contribution in [0.4, 0.5) is 14.9 Å². The van der Waals surface area contributed by atoms with Crippen molar-refractivity contribution >= 4 is 17.9 Å². The van der Waals surface area contributed by atoms with E-state index in [9.17, 15) is 14.3 Å². The second-order valence-corrected chi connectivity index (χ2v) is 6.65. The maximum absolute atomic E-state index is 14.8. The highest BCUT2D eigenvalue weighted by molar-refractivity contribution is 5.93. The first-order valence-electron chi connectivity index (χ1n) is 9.62. The van der Waals surface area contributed by atoms with Crippen LogP contribution in [0.25, 0.3) is 5.82 Å². The van der Waals surface area contributed by atoms with Gasteiger partial charge in [0.15, 0.2) is 28.9 Å². The van der Waals surface area contributed by atoms with Gasteiger partial charge in [0, 0.05) is 18.3 Å². The van der Waals surface area contributed by atoms with E-state index < -0.39 is 11.8 Å². The average Bonchev–Trinajstić information content (AvgIpc) is 3.37. The summed E-state index contributed by atoms with van der Waals surface area (Å²) >= 11 is 0. The van der Waals surface area contributed by atoms with Gasteiger partial charge in [0.25, 0.3) is 0 Å². The van der Waals surface area contributed by atoms with Crippen LogP contribution in [0.1, 0.15) is 5.56 Å². The fourth-order valence-corrected chi connectivity index (χ4v) is 2.84. The summed E-state index contributed by atoms with van der Waals surface area (Å²) in [6.07, 6.45) is 4.13. The number of hydrogen-bond acceptors (Lipinski definition) is 9. The molecule has 2 aromatic heterocycles. The van der Waals surface area contributed by atoms with E-state index >= 15 is 0 Å². The number of urea groups is 1. The molecule has 0 aliphatic heterocycles. The summed E-state index contributed by atoms with van der Waals surface area (Å²) in [6.45, 7) is 0. The minimum absolute atomic E-state index is 0.0525. The molecule has 0 aliphatic carbocycles. The number of nitrogens with two attached hydrogens (primary N) is 1. The molecule has 3 N–H and O–H groups in total. The second kappa shape index (κ2) is 9.60. The van der Waals surface area contributed by atoms with Crippen LogP contribution in [-0.4, -0.2) is 49.7 Å². The summed E-state index contributed by atoms with van der Waals surface area (Å²) in [5, 5.41) is 25.3. The number of carbonyl (C=O) groups is 1. The zero-order valence-corrected chi connectivity index (χ0v) is 17.6. The van der Waals surface area contributed by atoms with Gasteiger partial charge in [-0.2, -0.15) is 14.8 Å². The molecule has 0 bridgehead atoms. The fourth-order valence-electron chi connectivity index (χ4n) is 2.84. The van der Waals surface area contributed by atoms with Gasteiger partial charge in [-0.1, -0.05) is 0 Å². The van der Waals surface area contributed by atoms with Gasteiger partial charge in [-0.3, -0.25) is 0 Å². The molecule has 34 heavy (non-hydrogen) atoms. The standard InChI is InChI=1S/C21H17FN8O4/c1-33-19-8-13(2-4-17(19)31)11-26-30(21(23)32)14-3-5-18(16(22)9-14)34-15-6-7-24-20(10-15)29-12-25-27-28-29/h2-12,31H,1H3,(H2,23,32)/b26-11+. The van der Waals surface area contributed by atoms with Gasteiger partial charge in [-0.15, -0.1) is 5.10 Å². The maximum atomic E-state index is 14.8. The molecule has 0 saturated heterocycles. The Morgan fingerprint density at radius 3 is 2.76 bits per heavy atom. The Morgan fingerprint density at radius 1 is 1.21 bits per heavy atom. The number of ether oxygens (including phenoxy) is 2. The lowest BCUT2D eigenvalue weighted by Crippen LogP contribution is -2.31. The third kappa shape index (κ3) is 4.88. The van der Waals surface area contributed by atoms with Crippen LogP contribution >= 0.6 is 0 Å². The van der Waals surface area contributed by atoms with Crippen LogP contribution in [0.3, 0.4) is 0 Å². The molecule has 12 nitrogen and oxygen atoms in total. The van der Waals surface area contributed by atoms with Crippen molar-refractivity contribution in [1.29, 1.82) is 0 Å². The number of phenols is 1. The van der Waals surface area contributed by atoms with Gasteiger partial charge < -0.3 is 20.3 Å². The first kappa shape index (κ1) is 22.1. The van der Waals surface area contributed by atoms with Crippen LogP contribution in [0.5, 0.6) is 23.0 Å². The van der Waals surface area contributed by atoms with Crippen LogP contribution in [-0.2, 0) is 0 Å². The molecule has 4 rings (SSSR count). The maximum Gasteiger partial charge on any atom is 0.340 e. The number of carbonyl (C=O) groups excluding carboxylic acids is 1. The number of amides is 2. The summed E-state index contributed by atoms with van der Waals surface area (Å²) in [5.41, 5.74) is 6.00. The van der Waals surface area contributed by atoms with E-state index in [0.29, 0.717) is 17.1 Å². The number of hydrogen-bond donors (Lipinski definition) is 2. The number of methoxy groups -OCH3 is 1. The lowest BCUT2D eigenvalue weighted by Gasteiger charge is -2.16. The van der Waals surface area contributed by atoms with E-state index in [1.165, 1.54) is 66.9 Å². The number of phenolic OH excluding ortho intramolecular Hbond substituents is 1. The van der Waals surface area contributed by atoms with E-state index in [1.807, 2.05) is 0 Å². The number of primary amides is 1. The minimum Gasteiger partial charge on any atom is -0.504 e. The van der Waals surface area contributed by atoms with Crippen LogP contribution in [0.15, 0.2) is 66.2 Å². The molecule has 4 aromatic rings. The zero-order valence-electron chi connectivity index (χ0n) is 17.6. The Kier molecular flexibility index (Phi) is 6.25. The van der Waals surface area contributed by atoms with Crippen molar-refractivity contribution in [2.24, 2.45) is 10.8 Å². The van der Waals surface area contributed by atoms with Gasteiger partial charge in [0.2, 0.25) is 0 Å². The first-order chi connectivity index (χ1) is 16.4. The van der Waals surface area contributed by atoms with Crippen molar-refractivity contribution in [3.05, 3.63) is 72.4 Å². The first-order valence-corrected chi connectivity index (χ1v) is 9.62. The fraction of sp³-hybridized carbons (Fsp3) is 0.0476. The van der Waals surface area contributed by atoms with Crippen molar-refractivity contribution in [2.45, 2.75) is 0 Å². The minimum atomic E-state index is -0.935. The SMILES string of the molecule is COc1cc(/C=N/N(C(N)=O)c2ccc(Oc3ccnc(-n4cnnn4)c3)c(F)c2)ccc1O. The van der Waals surface area contributed by atoms with Crippen molar-refractivity contribution in [3.8, 4) is 28.8 Å². The largest absolute Gasteiger partial charge is 0.504 e. The number of halogens is 1. The van der Waals surface area contributed by atoms with Crippen molar-refractivity contribution in [1.82, 2.24) is 25.2 Å². The highest BCUT2D eigenvalue weighted by Gasteiger charge is 2.15. The van der Waals surface area contributed by atoms with Gasteiger partial charge in [0.1, 0.15) is 12.1 Å². The van der Waals surface area contributed by atoms with Crippen LogP contribution in [0, 0.1) is 5.82 Å². The molecule has 13 heteroatoms. The molecule has 2 amide bonds. The molecule has 0 saturated carbocycles. The number of nitrogens with zero attached hydrogens (tertiary/aromatic N) is 7. The molecule has 2 aromatic carbocycles. The molecule has 0 fully saturated rings. The van der Waals surface area contributed by atoms with Crippen LogP contribution < -0.4 is 20.2 Å². The highest BCUT2D eigenvalue weighted by Crippen LogP contribution is 2.29. The highest BCUT2D eigenvalue weighted by atomic mass is 19.1. The summed E-state index contributed by atoms with van der Waals surface area (Å²) in [6, 6.07) is 10.4. The lowest BCUT2D eigenvalue weighted by atomic mass is 10.2. The van der Waals surface area contributed by atoms with Crippen molar-refractivity contribution in [3.63, 3.8) is 0 Å². The molecular formula is C21H17FN8O4. The third-order valence-electron chi connectivity index (χ3n) is 4.42. The summed E-state index contributed by atoms with van der Waals surface area (Å²) < 4.78 is 26.7. The number of tetrazole rings is 1. The number of pyridine rings is 1. The van der Waals surface area contributed by atoms with Crippen molar-refractivity contribution in [2.75, 3.05) is 12.1 Å². The smallest absolute Gasteiger partial charge is 0.340 e. The number of anilines is 1. The molecule has 0 atom stereocenters. The van der Waals surface area contributed by atoms with Crippen molar-refractivity contribution < 1.29 is 23.8 Å². The zero-order chi connectivity index (χ0) is 24.1. The monoisotopic (exact) mass is 464 g/mol. The second-order valence-electron chi connectivity index (χ2n) is 6.65. The van der Waals surface area contributed by atoms with Gasteiger partial charge in [-0.25, -0.2) is 14.2 Å². The number of rotatable bonds is 7. The van der Waals surface area contributed by atoms with E-state index in [2.05, 4.69) is 25.6 Å². The molecule has 0 radical (unpaired) electrons. The van der Waals surface area contributed by atoms with E-state index in [0.717, 1.165) is 11.1 Å².